The predicted octanol–water partition coefficient (Wildman–Crippen LogP) is 6.49. The van der Waals surface area contributed by atoms with Crippen LogP contribution in [-0.4, -0.2) is 28.1 Å². The van der Waals surface area contributed by atoms with E-state index in [1.807, 2.05) is 0 Å². The summed E-state index contributed by atoms with van der Waals surface area (Å²) in [6.07, 6.45) is 6.79. The van der Waals surface area contributed by atoms with E-state index < -0.39 is 11.8 Å². The third-order valence-corrected chi connectivity index (χ3v) is 10.7. The smallest absolute Gasteiger partial charge is 0.393 e. The van der Waals surface area contributed by atoms with Crippen LogP contribution in [0.4, 0.5) is 13.2 Å². The maximum atomic E-state index is 13.0. The van der Waals surface area contributed by atoms with Gasteiger partial charge in [-0.2, -0.15) is 13.2 Å². The first kappa shape index (κ1) is 22.9. The summed E-state index contributed by atoms with van der Waals surface area (Å²) in [5.74, 6) is 3.36. The lowest BCUT2D eigenvalue weighted by Gasteiger charge is -2.61. The van der Waals surface area contributed by atoms with Gasteiger partial charge in [-0.05, 0) is 124 Å². The molecule has 4 saturated carbocycles. The quantitative estimate of drug-likeness (QED) is 0.535. The second-order valence-electron chi connectivity index (χ2n) is 12.1. The van der Waals surface area contributed by atoms with E-state index in [1.54, 1.807) is 0 Å². The van der Waals surface area contributed by atoms with Gasteiger partial charge in [0.2, 0.25) is 0 Å². The molecule has 30 heavy (non-hydrogen) atoms. The van der Waals surface area contributed by atoms with E-state index in [2.05, 4.69) is 13.8 Å². The molecule has 4 fully saturated rings. The number of aliphatic hydroxyl groups is 2. The number of aliphatic hydroxyl groups excluding tert-OH is 1. The fraction of sp³-hybridized carbons (Fsp3) is 1.00. The molecule has 9 atom stereocenters. The highest BCUT2D eigenvalue weighted by Gasteiger charge is 2.60. The average Bonchev–Trinajstić information content (AvgIpc) is 2.98. The van der Waals surface area contributed by atoms with E-state index in [0.717, 1.165) is 50.9 Å². The Labute approximate surface area is 180 Å². The van der Waals surface area contributed by atoms with Gasteiger partial charge in [0.25, 0.3) is 0 Å². The molecule has 2 nitrogen and oxygen atoms in total. The molecule has 5 heteroatoms. The molecule has 4 rings (SSSR count). The summed E-state index contributed by atoms with van der Waals surface area (Å²) in [6.45, 7) is 5.83. The normalized spacial score (nSPS) is 48.4. The fourth-order valence-corrected chi connectivity index (χ4v) is 8.65. The Morgan fingerprint density at radius 2 is 1.57 bits per heavy atom. The van der Waals surface area contributed by atoms with Crippen molar-refractivity contribution in [2.24, 2.45) is 40.4 Å². The third kappa shape index (κ3) is 3.64. The first-order chi connectivity index (χ1) is 13.9. The summed E-state index contributed by atoms with van der Waals surface area (Å²) >= 11 is 0. The molecule has 7 unspecified atom stereocenters. The zero-order chi connectivity index (χ0) is 21.9. The predicted molar refractivity (Wildman–Crippen MR) is 112 cm³/mol. The van der Waals surface area contributed by atoms with Gasteiger partial charge in [0.15, 0.2) is 5.60 Å². The molecule has 0 amide bonds. The topological polar surface area (TPSA) is 40.5 Å². The van der Waals surface area contributed by atoms with Crippen LogP contribution in [0.25, 0.3) is 0 Å². The minimum atomic E-state index is -4.55. The van der Waals surface area contributed by atoms with Crippen LogP contribution in [-0.2, 0) is 0 Å². The molecule has 2 N–H and O–H groups in total. The lowest BCUT2D eigenvalue weighted by Crippen LogP contribution is -2.53. The zero-order valence-corrected chi connectivity index (χ0v) is 19.0. The van der Waals surface area contributed by atoms with Gasteiger partial charge in [-0.3, -0.25) is 0 Å². The molecule has 0 aromatic carbocycles. The van der Waals surface area contributed by atoms with Gasteiger partial charge in [0, 0.05) is 0 Å². The monoisotopic (exact) mass is 430 g/mol. The Hall–Kier alpha value is -0.290. The number of hydrogen-bond donors (Lipinski definition) is 2. The molecule has 4 aliphatic rings. The van der Waals surface area contributed by atoms with Crippen molar-refractivity contribution in [2.45, 2.75) is 116 Å². The highest BCUT2D eigenvalue weighted by atomic mass is 19.4. The standard InChI is InChI=1S/C25H41F3O2/c1-22-14-11-21-19(8-6-17-15-18(29)10-13-23(17,21)2)20(22)9-7-16(22)5-4-12-24(3,30)25(26,27)28/h16-21,29-30H,4-15H2,1-3H3/t16-,17?,18?,19?,20?,21?,22?,23?,24+/m0/s1. The van der Waals surface area contributed by atoms with Crippen molar-refractivity contribution in [2.75, 3.05) is 0 Å². The molecule has 0 saturated heterocycles. The van der Waals surface area contributed by atoms with E-state index >= 15 is 0 Å². The van der Waals surface area contributed by atoms with Crippen LogP contribution in [0.1, 0.15) is 97.8 Å². The van der Waals surface area contributed by atoms with Crippen molar-refractivity contribution in [3.05, 3.63) is 0 Å². The van der Waals surface area contributed by atoms with Crippen molar-refractivity contribution >= 4 is 0 Å². The summed E-state index contributed by atoms with van der Waals surface area (Å²) in [5, 5.41) is 20.0. The van der Waals surface area contributed by atoms with Crippen LogP contribution in [0.15, 0.2) is 0 Å². The molecule has 0 aromatic heterocycles. The van der Waals surface area contributed by atoms with E-state index in [9.17, 15) is 23.4 Å². The van der Waals surface area contributed by atoms with Crippen LogP contribution in [0.5, 0.6) is 0 Å². The van der Waals surface area contributed by atoms with E-state index in [-0.39, 0.29) is 17.9 Å². The van der Waals surface area contributed by atoms with Crippen LogP contribution >= 0.6 is 0 Å². The first-order valence-corrected chi connectivity index (χ1v) is 12.4. The maximum absolute atomic E-state index is 13.0. The second kappa shape index (κ2) is 7.64. The summed E-state index contributed by atoms with van der Waals surface area (Å²) in [6, 6.07) is 0. The molecular formula is C25H41F3O2. The zero-order valence-electron chi connectivity index (χ0n) is 19.0. The Morgan fingerprint density at radius 1 is 0.900 bits per heavy atom. The number of hydrogen-bond acceptors (Lipinski definition) is 2. The Kier molecular flexibility index (Phi) is 5.83. The van der Waals surface area contributed by atoms with Gasteiger partial charge in [0.1, 0.15) is 0 Å². The van der Waals surface area contributed by atoms with Crippen LogP contribution in [0.3, 0.4) is 0 Å². The van der Waals surface area contributed by atoms with Crippen molar-refractivity contribution in [1.82, 2.24) is 0 Å². The van der Waals surface area contributed by atoms with Crippen molar-refractivity contribution in [3.63, 3.8) is 0 Å². The minimum absolute atomic E-state index is 0.113. The number of rotatable bonds is 4. The van der Waals surface area contributed by atoms with Gasteiger partial charge >= 0.3 is 6.18 Å². The fourth-order valence-electron chi connectivity index (χ4n) is 8.65. The summed E-state index contributed by atoms with van der Waals surface area (Å²) in [7, 11) is 0. The van der Waals surface area contributed by atoms with Gasteiger partial charge in [-0.25, -0.2) is 0 Å². The maximum Gasteiger partial charge on any atom is 0.416 e. The minimum Gasteiger partial charge on any atom is -0.393 e. The van der Waals surface area contributed by atoms with Gasteiger partial charge in [-0.1, -0.05) is 13.8 Å². The average molecular weight is 431 g/mol. The van der Waals surface area contributed by atoms with Crippen LogP contribution in [0.2, 0.25) is 0 Å². The molecule has 0 radical (unpaired) electrons. The molecule has 0 bridgehead atoms. The molecular weight excluding hydrogens is 389 g/mol. The lowest BCUT2D eigenvalue weighted by atomic mass is 9.44. The number of halogens is 3. The van der Waals surface area contributed by atoms with Crippen LogP contribution < -0.4 is 0 Å². The van der Waals surface area contributed by atoms with Crippen molar-refractivity contribution in [1.29, 1.82) is 0 Å². The lowest BCUT2D eigenvalue weighted by molar-refractivity contribution is -0.255. The van der Waals surface area contributed by atoms with E-state index in [0.29, 0.717) is 29.6 Å². The van der Waals surface area contributed by atoms with Crippen LogP contribution in [0, 0.1) is 40.4 Å². The molecule has 0 aliphatic heterocycles. The van der Waals surface area contributed by atoms with Crippen molar-refractivity contribution < 1.29 is 23.4 Å². The van der Waals surface area contributed by atoms with Gasteiger partial charge in [-0.15, -0.1) is 0 Å². The SMILES string of the molecule is CC12CCC(O)CC1CCC1C2CCC2(C)C1CC[C@@H]2CCC[C@@](C)(O)C(F)(F)F. The van der Waals surface area contributed by atoms with Gasteiger partial charge < -0.3 is 10.2 Å². The van der Waals surface area contributed by atoms with Gasteiger partial charge in [0.05, 0.1) is 6.10 Å². The van der Waals surface area contributed by atoms with E-state index in [1.165, 1.54) is 32.1 Å². The summed E-state index contributed by atoms with van der Waals surface area (Å²) in [4.78, 5) is 0. The molecule has 4 aliphatic carbocycles. The molecule has 0 heterocycles. The molecule has 174 valence electrons. The number of alkyl halides is 3. The number of fused-ring (bicyclic) bond motifs is 5. The highest BCUT2D eigenvalue weighted by molar-refractivity contribution is 5.09. The van der Waals surface area contributed by atoms with Crippen molar-refractivity contribution in [3.8, 4) is 0 Å². The first-order valence-electron chi connectivity index (χ1n) is 12.4. The van der Waals surface area contributed by atoms with E-state index in [4.69, 9.17) is 0 Å². The molecule has 0 aromatic rings. The third-order valence-electron chi connectivity index (χ3n) is 10.7. The Morgan fingerprint density at radius 3 is 2.27 bits per heavy atom. The highest BCUT2D eigenvalue weighted by Crippen LogP contribution is 2.68. The largest absolute Gasteiger partial charge is 0.416 e. The Balaban J connectivity index is 1.42. The summed E-state index contributed by atoms with van der Waals surface area (Å²) in [5.41, 5.74) is -1.95. The Bertz CT molecular complexity index is 632. The molecule has 0 spiro atoms. The second-order valence-corrected chi connectivity index (χ2v) is 12.1. The summed E-state index contributed by atoms with van der Waals surface area (Å²) < 4.78 is 39.0.